The molecule has 0 aromatic carbocycles. The zero-order valence-electron chi connectivity index (χ0n) is 4.64. The van der Waals surface area contributed by atoms with Gasteiger partial charge in [-0.05, 0) is 0 Å². The number of esters is 2. The third kappa shape index (κ3) is 1.02. The lowest BCUT2D eigenvalue weighted by molar-refractivity contribution is -0.180. The Morgan fingerprint density at radius 3 is 2.10 bits per heavy atom. The first-order valence-electron chi connectivity index (χ1n) is 2.39. The number of rotatable bonds is 1. The van der Waals surface area contributed by atoms with E-state index >= 15 is 0 Å². The minimum Gasteiger partial charge on any atom is -0.391 e. The van der Waals surface area contributed by atoms with Crippen LogP contribution in [0.25, 0.3) is 0 Å². The summed E-state index contributed by atoms with van der Waals surface area (Å²) in [5, 5.41) is 0. The fourth-order valence-electron chi connectivity index (χ4n) is 0.526. The maximum atomic E-state index is 11.4. The number of carbonyl (C=O) groups excluding carboxylic acids is 2. The molecular formula is C5H2F2O3. The van der Waals surface area contributed by atoms with Crippen LogP contribution in [0, 0.1) is 5.92 Å². The Labute approximate surface area is 54.3 Å². The van der Waals surface area contributed by atoms with Crippen LogP contribution in [0.15, 0.2) is 12.2 Å². The summed E-state index contributed by atoms with van der Waals surface area (Å²) in [5.74, 6) is -3.21. The van der Waals surface area contributed by atoms with Gasteiger partial charge in [0.2, 0.25) is 0 Å². The summed E-state index contributed by atoms with van der Waals surface area (Å²) in [6.07, 6.45) is -1.77. The lowest BCUT2D eigenvalue weighted by atomic mass is 10.1. The van der Waals surface area contributed by atoms with E-state index in [4.69, 9.17) is 0 Å². The second-order valence-electron chi connectivity index (χ2n) is 1.67. The molecule has 1 aliphatic rings. The van der Waals surface area contributed by atoms with Crippen molar-refractivity contribution in [1.82, 2.24) is 0 Å². The maximum absolute atomic E-state index is 11.4. The number of halogens is 2. The Morgan fingerprint density at radius 1 is 1.40 bits per heavy atom. The van der Waals surface area contributed by atoms with Crippen LogP contribution in [0.2, 0.25) is 0 Å². The molecule has 10 heavy (non-hydrogen) atoms. The average molecular weight is 148 g/mol. The molecule has 1 heterocycles. The summed E-state index contributed by atoms with van der Waals surface area (Å²) in [7, 11) is 0. The van der Waals surface area contributed by atoms with Gasteiger partial charge >= 0.3 is 11.9 Å². The van der Waals surface area contributed by atoms with Crippen LogP contribution in [0.3, 0.4) is 0 Å². The Morgan fingerprint density at radius 2 is 1.90 bits per heavy atom. The Kier molecular flexibility index (Phi) is 1.48. The number of hydrogen-bond acceptors (Lipinski definition) is 3. The third-order valence-electron chi connectivity index (χ3n) is 1.00. The number of ether oxygens (including phenoxy) is 1. The Bertz CT molecular complexity index is 203. The van der Waals surface area contributed by atoms with Gasteiger partial charge in [-0.25, -0.2) is 0 Å². The van der Waals surface area contributed by atoms with Crippen LogP contribution < -0.4 is 0 Å². The Balaban J connectivity index is 2.65. The number of hydrogen-bond donors (Lipinski definition) is 0. The summed E-state index contributed by atoms with van der Waals surface area (Å²) >= 11 is 0. The van der Waals surface area contributed by atoms with Crippen LogP contribution >= 0.6 is 0 Å². The molecule has 5 heteroatoms. The van der Waals surface area contributed by atoms with E-state index in [2.05, 4.69) is 4.74 Å². The van der Waals surface area contributed by atoms with E-state index in [1.807, 2.05) is 0 Å². The molecule has 0 amide bonds. The molecule has 3 nitrogen and oxygen atoms in total. The van der Waals surface area contributed by atoms with Gasteiger partial charge in [0.05, 0.1) is 0 Å². The van der Waals surface area contributed by atoms with Crippen LogP contribution in [-0.2, 0) is 14.3 Å². The molecular weight excluding hydrogens is 146 g/mol. The van der Waals surface area contributed by atoms with E-state index < -0.39 is 23.9 Å². The summed E-state index contributed by atoms with van der Waals surface area (Å²) in [6.45, 7) is 0. The van der Waals surface area contributed by atoms with Gasteiger partial charge < -0.3 is 4.74 Å². The predicted molar refractivity (Wildman–Crippen MR) is 24.9 cm³/mol. The standard InChI is InChI=1S/C5H2F2O3/c6-3(7)1-2-4(8)10-5(2)9/h1-2H. The zero-order valence-corrected chi connectivity index (χ0v) is 4.64. The first-order valence-corrected chi connectivity index (χ1v) is 2.39. The molecule has 0 aliphatic carbocycles. The summed E-state index contributed by atoms with van der Waals surface area (Å²) < 4.78 is 26.5. The zero-order chi connectivity index (χ0) is 7.72. The summed E-state index contributed by atoms with van der Waals surface area (Å²) in [6, 6.07) is 0. The molecule has 1 saturated heterocycles. The third-order valence-corrected chi connectivity index (χ3v) is 1.00. The van der Waals surface area contributed by atoms with Crippen molar-refractivity contribution in [2.24, 2.45) is 5.92 Å². The quantitative estimate of drug-likeness (QED) is 0.401. The fourth-order valence-corrected chi connectivity index (χ4v) is 0.526. The number of cyclic esters (lactones) is 2. The lowest BCUT2D eigenvalue weighted by Crippen LogP contribution is -2.39. The van der Waals surface area contributed by atoms with E-state index in [9.17, 15) is 18.4 Å². The number of carbonyl (C=O) groups is 2. The average Bonchev–Trinajstić information content (AvgIpc) is 1.84. The molecule has 0 N–H and O–H groups in total. The van der Waals surface area contributed by atoms with Crippen molar-refractivity contribution in [1.29, 1.82) is 0 Å². The summed E-state index contributed by atoms with van der Waals surface area (Å²) in [5.41, 5.74) is 0. The van der Waals surface area contributed by atoms with Crippen molar-refractivity contribution < 1.29 is 23.1 Å². The van der Waals surface area contributed by atoms with Crippen LogP contribution in [0.5, 0.6) is 0 Å². The minimum absolute atomic E-state index is 0.272. The van der Waals surface area contributed by atoms with Gasteiger partial charge in [-0.1, -0.05) is 0 Å². The largest absolute Gasteiger partial charge is 0.391 e. The predicted octanol–water partition coefficient (Wildman–Crippen LogP) is 0.466. The first-order chi connectivity index (χ1) is 4.61. The van der Waals surface area contributed by atoms with Gasteiger partial charge in [-0.3, -0.25) is 9.59 Å². The van der Waals surface area contributed by atoms with E-state index in [1.165, 1.54) is 0 Å². The van der Waals surface area contributed by atoms with E-state index in [0.717, 1.165) is 0 Å². The van der Waals surface area contributed by atoms with Gasteiger partial charge in [0.15, 0.2) is 5.92 Å². The van der Waals surface area contributed by atoms with Crippen molar-refractivity contribution in [3.05, 3.63) is 12.2 Å². The fraction of sp³-hybridized carbons (Fsp3) is 0.200. The topological polar surface area (TPSA) is 43.4 Å². The van der Waals surface area contributed by atoms with Gasteiger partial charge in [0.25, 0.3) is 6.08 Å². The van der Waals surface area contributed by atoms with Gasteiger partial charge in [-0.15, -0.1) is 0 Å². The van der Waals surface area contributed by atoms with Crippen molar-refractivity contribution >= 4 is 11.9 Å². The van der Waals surface area contributed by atoms with E-state index in [0.29, 0.717) is 0 Å². The van der Waals surface area contributed by atoms with Gasteiger partial charge in [-0.2, -0.15) is 8.78 Å². The highest BCUT2D eigenvalue weighted by atomic mass is 19.3. The molecule has 0 bridgehead atoms. The summed E-state index contributed by atoms with van der Waals surface area (Å²) in [4.78, 5) is 20.3. The highest BCUT2D eigenvalue weighted by molar-refractivity contribution is 6.11. The first kappa shape index (κ1) is 6.85. The molecule has 0 spiro atoms. The highest BCUT2D eigenvalue weighted by Crippen LogP contribution is 2.18. The molecule has 0 unspecified atom stereocenters. The van der Waals surface area contributed by atoms with Crippen LogP contribution in [-0.4, -0.2) is 11.9 Å². The molecule has 54 valence electrons. The highest BCUT2D eigenvalue weighted by Gasteiger charge is 2.40. The van der Waals surface area contributed by atoms with Crippen molar-refractivity contribution in [2.45, 2.75) is 0 Å². The minimum atomic E-state index is -2.05. The molecule has 0 aromatic rings. The molecule has 1 fully saturated rings. The van der Waals surface area contributed by atoms with Crippen molar-refractivity contribution in [3.8, 4) is 0 Å². The SMILES string of the molecule is O=C1OC(=O)C1C=C(F)F. The van der Waals surface area contributed by atoms with Crippen LogP contribution in [0.4, 0.5) is 8.78 Å². The molecule has 0 radical (unpaired) electrons. The molecule has 0 aromatic heterocycles. The van der Waals surface area contributed by atoms with Gasteiger partial charge in [0, 0.05) is 6.08 Å². The van der Waals surface area contributed by atoms with Crippen LogP contribution in [0.1, 0.15) is 0 Å². The molecule has 0 atom stereocenters. The smallest absolute Gasteiger partial charge is 0.332 e. The molecule has 1 aliphatic heterocycles. The van der Waals surface area contributed by atoms with E-state index in [1.54, 1.807) is 0 Å². The monoisotopic (exact) mass is 148 g/mol. The second-order valence-corrected chi connectivity index (χ2v) is 1.67. The van der Waals surface area contributed by atoms with E-state index in [-0.39, 0.29) is 6.08 Å². The normalized spacial score (nSPS) is 17.8. The maximum Gasteiger partial charge on any atom is 0.332 e. The molecule has 1 rings (SSSR count). The lowest BCUT2D eigenvalue weighted by Gasteiger charge is -2.17. The van der Waals surface area contributed by atoms with Gasteiger partial charge in [0.1, 0.15) is 0 Å². The molecule has 0 saturated carbocycles. The second kappa shape index (κ2) is 2.17. The van der Waals surface area contributed by atoms with Crippen molar-refractivity contribution in [2.75, 3.05) is 0 Å². The Hall–Kier alpha value is -1.26. The van der Waals surface area contributed by atoms with Crippen molar-refractivity contribution in [3.63, 3.8) is 0 Å².